The number of nitrogens with one attached hydrogen (secondary N) is 4. The van der Waals surface area contributed by atoms with Crippen molar-refractivity contribution in [3.05, 3.63) is 40.7 Å². The number of H-pyrrole nitrogens is 2. The Morgan fingerprint density at radius 1 is 1.20 bits per heavy atom. The van der Waals surface area contributed by atoms with Crippen LogP contribution < -0.4 is 16.2 Å². The van der Waals surface area contributed by atoms with E-state index >= 15 is 0 Å². The molecule has 0 spiro atoms. The standard InChI is InChI=1S/C14H18N4O2/c1-2-15-8-7-13(19)16-11-5-3-10(4-6-11)12-9-14(20)18-17-12/h3-6,9,15H,2,7-8H2,1H3,(H,16,19)(H2,17,18,20). The van der Waals surface area contributed by atoms with Crippen LogP contribution in [0.5, 0.6) is 0 Å². The first-order chi connectivity index (χ1) is 9.69. The van der Waals surface area contributed by atoms with Crippen molar-refractivity contribution in [1.82, 2.24) is 15.5 Å². The Kier molecular flexibility index (Phi) is 4.73. The fourth-order valence-corrected chi connectivity index (χ4v) is 1.82. The van der Waals surface area contributed by atoms with E-state index in [0.29, 0.717) is 13.0 Å². The molecule has 0 unspecified atom stereocenters. The normalized spacial score (nSPS) is 10.4. The second-order valence-electron chi connectivity index (χ2n) is 4.40. The molecule has 4 N–H and O–H groups in total. The summed E-state index contributed by atoms with van der Waals surface area (Å²) in [5.41, 5.74) is 2.18. The van der Waals surface area contributed by atoms with Gasteiger partial charge in [0.2, 0.25) is 5.91 Å². The van der Waals surface area contributed by atoms with Gasteiger partial charge in [-0.05, 0) is 24.2 Å². The van der Waals surface area contributed by atoms with Gasteiger partial charge in [-0.15, -0.1) is 0 Å². The molecule has 6 nitrogen and oxygen atoms in total. The van der Waals surface area contributed by atoms with Gasteiger partial charge in [-0.25, -0.2) is 0 Å². The summed E-state index contributed by atoms with van der Waals surface area (Å²) in [7, 11) is 0. The topological polar surface area (TPSA) is 89.8 Å². The van der Waals surface area contributed by atoms with Crippen molar-refractivity contribution in [2.45, 2.75) is 13.3 Å². The van der Waals surface area contributed by atoms with E-state index in [1.807, 2.05) is 31.2 Å². The smallest absolute Gasteiger partial charge is 0.264 e. The molecule has 0 aliphatic carbocycles. The van der Waals surface area contributed by atoms with Gasteiger partial charge in [0.25, 0.3) is 5.56 Å². The van der Waals surface area contributed by atoms with E-state index in [9.17, 15) is 9.59 Å². The lowest BCUT2D eigenvalue weighted by molar-refractivity contribution is -0.116. The van der Waals surface area contributed by atoms with E-state index in [1.54, 1.807) is 0 Å². The largest absolute Gasteiger partial charge is 0.326 e. The minimum atomic E-state index is -0.166. The molecule has 0 saturated heterocycles. The molecule has 20 heavy (non-hydrogen) atoms. The summed E-state index contributed by atoms with van der Waals surface area (Å²) < 4.78 is 0. The summed E-state index contributed by atoms with van der Waals surface area (Å²) >= 11 is 0. The molecule has 1 aromatic heterocycles. The summed E-state index contributed by atoms with van der Waals surface area (Å²) in [6.07, 6.45) is 0.445. The van der Waals surface area contributed by atoms with Crippen LogP contribution in [0.1, 0.15) is 13.3 Å². The number of aromatic nitrogens is 2. The number of carbonyl (C=O) groups is 1. The van der Waals surface area contributed by atoms with Crippen LogP contribution in [0.3, 0.4) is 0 Å². The van der Waals surface area contributed by atoms with Gasteiger partial charge in [-0.1, -0.05) is 19.1 Å². The Hall–Kier alpha value is -2.34. The molecule has 0 aliphatic rings. The average Bonchev–Trinajstić information content (AvgIpc) is 2.86. The number of benzene rings is 1. The predicted molar refractivity (Wildman–Crippen MR) is 78.6 cm³/mol. The van der Waals surface area contributed by atoms with E-state index in [0.717, 1.165) is 23.5 Å². The van der Waals surface area contributed by atoms with Crippen molar-refractivity contribution in [2.24, 2.45) is 0 Å². The molecule has 0 aliphatic heterocycles. The van der Waals surface area contributed by atoms with Crippen LogP contribution in [0, 0.1) is 0 Å². The minimum absolute atomic E-state index is 0.0197. The highest BCUT2D eigenvalue weighted by molar-refractivity contribution is 5.91. The lowest BCUT2D eigenvalue weighted by Crippen LogP contribution is -2.21. The van der Waals surface area contributed by atoms with Crippen LogP contribution in [-0.4, -0.2) is 29.2 Å². The summed E-state index contributed by atoms with van der Waals surface area (Å²) in [6, 6.07) is 8.81. The number of anilines is 1. The van der Waals surface area contributed by atoms with Gasteiger partial charge in [0.15, 0.2) is 0 Å². The van der Waals surface area contributed by atoms with Gasteiger partial charge >= 0.3 is 0 Å². The molecule has 6 heteroatoms. The molecular weight excluding hydrogens is 256 g/mol. The van der Waals surface area contributed by atoms with Crippen molar-refractivity contribution < 1.29 is 4.79 Å². The molecule has 1 amide bonds. The predicted octanol–water partition coefficient (Wildman–Crippen LogP) is 1.31. The maximum Gasteiger partial charge on any atom is 0.264 e. The number of rotatable bonds is 6. The van der Waals surface area contributed by atoms with Crippen LogP contribution in [0.15, 0.2) is 35.1 Å². The molecule has 0 fully saturated rings. The Balaban J connectivity index is 1.94. The van der Waals surface area contributed by atoms with E-state index < -0.39 is 0 Å². The third-order valence-electron chi connectivity index (χ3n) is 2.85. The van der Waals surface area contributed by atoms with E-state index in [1.165, 1.54) is 6.07 Å². The zero-order chi connectivity index (χ0) is 14.4. The molecular formula is C14H18N4O2. The van der Waals surface area contributed by atoms with Gasteiger partial charge < -0.3 is 10.6 Å². The summed E-state index contributed by atoms with van der Waals surface area (Å²) in [5.74, 6) is -0.0197. The number of carbonyl (C=O) groups excluding carboxylic acids is 1. The fraction of sp³-hybridized carbons (Fsp3) is 0.286. The highest BCUT2D eigenvalue weighted by atomic mass is 16.1. The van der Waals surface area contributed by atoms with Crippen LogP contribution in [-0.2, 0) is 4.79 Å². The summed E-state index contributed by atoms with van der Waals surface area (Å²) in [6.45, 7) is 3.53. The van der Waals surface area contributed by atoms with Crippen molar-refractivity contribution in [3.63, 3.8) is 0 Å². The van der Waals surface area contributed by atoms with Crippen molar-refractivity contribution >= 4 is 11.6 Å². The van der Waals surface area contributed by atoms with Crippen LogP contribution >= 0.6 is 0 Å². The molecule has 0 bridgehead atoms. The first-order valence-electron chi connectivity index (χ1n) is 6.57. The fourth-order valence-electron chi connectivity index (χ4n) is 1.82. The Morgan fingerprint density at radius 3 is 2.55 bits per heavy atom. The zero-order valence-corrected chi connectivity index (χ0v) is 11.3. The van der Waals surface area contributed by atoms with Gasteiger partial charge in [-0.3, -0.25) is 19.8 Å². The van der Waals surface area contributed by atoms with Crippen molar-refractivity contribution in [3.8, 4) is 11.3 Å². The Morgan fingerprint density at radius 2 is 1.95 bits per heavy atom. The maximum absolute atomic E-state index is 11.6. The number of aromatic amines is 2. The molecule has 1 heterocycles. The third-order valence-corrected chi connectivity index (χ3v) is 2.85. The van der Waals surface area contributed by atoms with Crippen molar-refractivity contribution in [2.75, 3.05) is 18.4 Å². The molecule has 106 valence electrons. The minimum Gasteiger partial charge on any atom is -0.326 e. The Labute approximate surface area is 116 Å². The molecule has 1 aromatic carbocycles. The molecule has 0 radical (unpaired) electrons. The summed E-state index contributed by atoms with van der Waals surface area (Å²) in [5, 5.41) is 11.2. The van der Waals surface area contributed by atoms with Gasteiger partial charge in [0, 0.05) is 24.7 Å². The van der Waals surface area contributed by atoms with Crippen molar-refractivity contribution in [1.29, 1.82) is 0 Å². The quantitative estimate of drug-likeness (QED) is 0.599. The third kappa shape index (κ3) is 3.83. The first-order valence-corrected chi connectivity index (χ1v) is 6.57. The van der Waals surface area contributed by atoms with E-state index in [4.69, 9.17) is 0 Å². The Bertz CT molecular complexity index is 613. The lowest BCUT2D eigenvalue weighted by atomic mass is 10.1. The van der Waals surface area contributed by atoms with E-state index in [2.05, 4.69) is 20.8 Å². The highest BCUT2D eigenvalue weighted by Crippen LogP contribution is 2.18. The average molecular weight is 274 g/mol. The lowest BCUT2D eigenvalue weighted by Gasteiger charge is -2.06. The maximum atomic E-state index is 11.6. The summed E-state index contributed by atoms with van der Waals surface area (Å²) in [4.78, 5) is 22.7. The number of hydrogen-bond donors (Lipinski definition) is 4. The van der Waals surface area contributed by atoms with Crippen LogP contribution in [0.2, 0.25) is 0 Å². The second kappa shape index (κ2) is 6.72. The monoisotopic (exact) mass is 274 g/mol. The molecule has 2 aromatic rings. The van der Waals surface area contributed by atoms with Crippen LogP contribution in [0.4, 0.5) is 5.69 Å². The highest BCUT2D eigenvalue weighted by Gasteiger charge is 2.03. The van der Waals surface area contributed by atoms with E-state index in [-0.39, 0.29) is 11.5 Å². The number of amides is 1. The molecule has 2 rings (SSSR count). The van der Waals surface area contributed by atoms with Gasteiger partial charge in [-0.2, -0.15) is 0 Å². The van der Waals surface area contributed by atoms with Gasteiger partial charge in [0.05, 0.1) is 5.69 Å². The molecule has 0 atom stereocenters. The molecule has 0 saturated carbocycles. The zero-order valence-electron chi connectivity index (χ0n) is 11.3. The second-order valence-corrected chi connectivity index (χ2v) is 4.40. The first kappa shape index (κ1) is 14.1. The van der Waals surface area contributed by atoms with Crippen LogP contribution in [0.25, 0.3) is 11.3 Å². The van der Waals surface area contributed by atoms with Gasteiger partial charge in [0.1, 0.15) is 0 Å². The SMILES string of the molecule is CCNCCC(=O)Nc1ccc(-c2cc(=O)[nH][nH]2)cc1. The number of hydrogen-bond acceptors (Lipinski definition) is 3.